The van der Waals surface area contributed by atoms with Gasteiger partial charge in [0.05, 0.1) is 26.4 Å². The standard InChI is InChI=1S/C24H40O20/c25-1-5-9(28)10(29)14(33)22(38-5)42-18-6(2-26)39-23(16(35)12(18)31)43-19-7(3-27)40-24(17(36)13(19)32)44-20-8-4-37-21(41-8)15(34)11(20)30/h5-36H,1-4H2/t5?,6?,7?,8?,9-,10+,11-,12-,13-,14?,15?,16?,17?,18-,19-,20-,21-,22+,23+,24+/m1/s1. The monoisotopic (exact) mass is 648 g/mol. The largest absolute Gasteiger partial charge is 0.394 e. The zero-order valence-corrected chi connectivity index (χ0v) is 23.0. The van der Waals surface area contributed by atoms with Crippen molar-refractivity contribution in [2.75, 3.05) is 26.4 Å². The van der Waals surface area contributed by atoms with Gasteiger partial charge in [-0.25, -0.2) is 0 Å². The molecule has 0 aromatic heterocycles. The molecule has 44 heavy (non-hydrogen) atoms. The van der Waals surface area contributed by atoms with Crippen LogP contribution in [0, 0.1) is 0 Å². The maximum absolute atomic E-state index is 10.9. The normalized spacial score (nSPS) is 54.8. The van der Waals surface area contributed by atoms with Crippen molar-refractivity contribution in [1.82, 2.24) is 0 Å². The minimum Gasteiger partial charge on any atom is -0.394 e. The zero-order chi connectivity index (χ0) is 32.0. The molecule has 20 nitrogen and oxygen atoms in total. The molecule has 0 amide bonds. The molecule has 5 saturated heterocycles. The van der Waals surface area contributed by atoms with Crippen molar-refractivity contribution in [2.45, 2.75) is 123 Å². The minimum atomic E-state index is -1.98. The molecule has 8 unspecified atom stereocenters. The Balaban J connectivity index is 1.24. The number of aliphatic hydroxyl groups excluding tert-OH is 12. The van der Waals surface area contributed by atoms with E-state index in [1.807, 2.05) is 0 Å². The quantitative estimate of drug-likeness (QED) is 0.110. The summed E-state index contributed by atoms with van der Waals surface area (Å²) >= 11 is 0. The van der Waals surface area contributed by atoms with Crippen molar-refractivity contribution in [3.63, 3.8) is 0 Å². The van der Waals surface area contributed by atoms with Gasteiger partial charge in [-0.3, -0.25) is 0 Å². The Morgan fingerprint density at radius 1 is 0.432 bits per heavy atom. The molecular weight excluding hydrogens is 608 g/mol. The number of ether oxygens (including phenoxy) is 8. The van der Waals surface area contributed by atoms with Gasteiger partial charge < -0.3 is 99.2 Å². The molecule has 2 bridgehead atoms. The molecule has 5 rings (SSSR count). The SMILES string of the molecule is OCC1O[C@@H](O[C@@H]2C(CO)O[C@@H](O[C@@H]3C(CO)O[C@@H](O[C@@H]4C5CO[C@H](O5)C(O)[C@H]4O)C(O)[C@H]3O)C(O)[C@H]2O)C(O)[C@@H](O)[C@@H]1O. The summed E-state index contributed by atoms with van der Waals surface area (Å²) in [6.45, 7) is -2.50. The van der Waals surface area contributed by atoms with E-state index in [1.54, 1.807) is 0 Å². The topological polar surface area (TPSA) is 317 Å². The van der Waals surface area contributed by atoms with Gasteiger partial charge in [-0.15, -0.1) is 0 Å². The van der Waals surface area contributed by atoms with Gasteiger partial charge in [-0.2, -0.15) is 0 Å². The molecule has 20 heteroatoms. The van der Waals surface area contributed by atoms with Gasteiger partial charge in [0, 0.05) is 0 Å². The first kappa shape index (κ1) is 34.5. The lowest BCUT2D eigenvalue weighted by Crippen LogP contribution is -2.67. The van der Waals surface area contributed by atoms with Crippen molar-refractivity contribution in [3.05, 3.63) is 0 Å². The maximum Gasteiger partial charge on any atom is 0.187 e. The third-order valence-corrected chi connectivity index (χ3v) is 8.43. The van der Waals surface area contributed by atoms with Crippen LogP contribution in [0.15, 0.2) is 0 Å². The molecule has 12 N–H and O–H groups in total. The minimum absolute atomic E-state index is 0.0453. The van der Waals surface area contributed by atoms with Crippen LogP contribution in [0.25, 0.3) is 0 Å². The molecule has 0 aromatic rings. The fraction of sp³-hybridized carbons (Fsp3) is 1.00. The van der Waals surface area contributed by atoms with E-state index in [1.165, 1.54) is 0 Å². The lowest BCUT2D eigenvalue weighted by atomic mass is 9.96. The van der Waals surface area contributed by atoms with Crippen LogP contribution in [0.2, 0.25) is 0 Å². The maximum atomic E-state index is 10.9. The summed E-state index contributed by atoms with van der Waals surface area (Å²) in [7, 11) is 0. The van der Waals surface area contributed by atoms with Gasteiger partial charge in [0.1, 0.15) is 97.7 Å². The summed E-state index contributed by atoms with van der Waals surface area (Å²) < 4.78 is 43.7. The molecule has 5 aliphatic heterocycles. The first-order valence-electron chi connectivity index (χ1n) is 14.1. The van der Waals surface area contributed by atoms with Crippen LogP contribution < -0.4 is 0 Å². The highest BCUT2D eigenvalue weighted by Gasteiger charge is 2.56. The zero-order valence-electron chi connectivity index (χ0n) is 23.0. The van der Waals surface area contributed by atoms with Crippen molar-refractivity contribution in [3.8, 4) is 0 Å². The third kappa shape index (κ3) is 6.37. The Hall–Kier alpha value is -0.800. The van der Waals surface area contributed by atoms with Crippen molar-refractivity contribution in [2.24, 2.45) is 0 Å². The fourth-order valence-corrected chi connectivity index (χ4v) is 5.85. The highest BCUT2D eigenvalue weighted by molar-refractivity contribution is 4.98. The van der Waals surface area contributed by atoms with E-state index in [0.717, 1.165) is 0 Å². The van der Waals surface area contributed by atoms with E-state index in [-0.39, 0.29) is 6.61 Å². The third-order valence-electron chi connectivity index (χ3n) is 8.43. The van der Waals surface area contributed by atoms with E-state index in [9.17, 15) is 61.3 Å². The summed E-state index contributed by atoms with van der Waals surface area (Å²) in [6.07, 6.45) is -31.9. The Morgan fingerprint density at radius 2 is 0.841 bits per heavy atom. The molecular formula is C24H40O20. The fourth-order valence-electron chi connectivity index (χ4n) is 5.85. The molecule has 0 aromatic carbocycles. The summed E-state index contributed by atoms with van der Waals surface area (Å²) in [6, 6.07) is 0. The number of fused-ring (bicyclic) bond motifs is 2. The first-order chi connectivity index (χ1) is 20.9. The van der Waals surface area contributed by atoms with Gasteiger partial charge in [0.15, 0.2) is 25.2 Å². The van der Waals surface area contributed by atoms with Crippen LogP contribution in [0.5, 0.6) is 0 Å². The second-order valence-corrected chi connectivity index (χ2v) is 11.3. The highest BCUT2D eigenvalue weighted by atomic mass is 16.8. The Bertz CT molecular complexity index is 926. The van der Waals surface area contributed by atoms with Gasteiger partial charge in [-0.1, -0.05) is 0 Å². The van der Waals surface area contributed by atoms with Crippen LogP contribution in [0.4, 0.5) is 0 Å². The molecule has 0 aliphatic carbocycles. The van der Waals surface area contributed by atoms with Crippen LogP contribution in [0.1, 0.15) is 0 Å². The predicted octanol–water partition coefficient (Wildman–Crippen LogP) is -8.70. The van der Waals surface area contributed by atoms with E-state index in [4.69, 9.17) is 37.9 Å². The summed E-state index contributed by atoms with van der Waals surface area (Å²) in [4.78, 5) is 0. The molecule has 256 valence electrons. The van der Waals surface area contributed by atoms with E-state index >= 15 is 0 Å². The van der Waals surface area contributed by atoms with Crippen LogP contribution in [-0.2, 0) is 37.9 Å². The molecule has 0 radical (unpaired) electrons. The lowest BCUT2D eigenvalue weighted by Gasteiger charge is -2.48. The number of hydrogen-bond acceptors (Lipinski definition) is 20. The van der Waals surface area contributed by atoms with E-state index < -0.39 is 143 Å². The molecule has 0 saturated carbocycles. The van der Waals surface area contributed by atoms with Gasteiger partial charge in [0.25, 0.3) is 0 Å². The average Bonchev–Trinajstić information content (AvgIpc) is 3.47. The average molecular weight is 649 g/mol. The van der Waals surface area contributed by atoms with Crippen LogP contribution >= 0.6 is 0 Å². The van der Waals surface area contributed by atoms with E-state index in [2.05, 4.69) is 0 Å². The van der Waals surface area contributed by atoms with Crippen LogP contribution in [-0.4, -0.2) is 211 Å². The van der Waals surface area contributed by atoms with Crippen LogP contribution in [0.3, 0.4) is 0 Å². The molecule has 5 fully saturated rings. The van der Waals surface area contributed by atoms with E-state index in [0.29, 0.717) is 0 Å². The number of rotatable bonds is 9. The van der Waals surface area contributed by atoms with Gasteiger partial charge >= 0.3 is 0 Å². The highest BCUT2D eigenvalue weighted by Crippen LogP contribution is 2.35. The molecule has 20 atom stereocenters. The molecule has 5 heterocycles. The predicted molar refractivity (Wildman–Crippen MR) is 131 cm³/mol. The first-order valence-corrected chi connectivity index (χ1v) is 14.1. The number of hydrogen-bond donors (Lipinski definition) is 12. The second kappa shape index (κ2) is 14.1. The second-order valence-electron chi connectivity index (χ2n) is 11.3. The van der Waals surface area contributed by atoms with Crippen molar-refractivity contribution >= 4 is 0 Å². The summed E-state index contributed by atoms with van der Waals surface area (Å²) in [5.74, 6) is 0. The molecule has 5 aliphatic rings. The lowest BCUT2D eigenvalue weighted by molar-refractivity contribution is -0.384. The Kier molecular flexibility index (Phi) is 11.1. The number of aliphatic hydroxyl groups is 12. The smallest absolute Gasteiger partial charge is 0.187 e. The molecule has 0 spiro atoms. The van der Waals surface area contributed by atoms with Crippen molar-refractivity contribution in [1.29, 1.82) is 0 Å². The summed E-state index contributed by atoms with van der Waals surface area (Å²) in [5.41, 5.74) is 0. The van der Waals surface area contributed by atoms with Gasteiger partial charge in [0.2, 0.25) is 0 Å². The Labute approximate surface area is 249 Å². The van der Waals surface area contributed by atoms with Gasteiger partial charge in [-0.05, 0) is 0 Å². The summed E-state index contributed by atoms with van der Waals surface area (Å²) in [5, 5.41) is 123. The Morgan fingerprint density at radius 3 is 1.32 bits per heavy atom. The van der Waals surface area contributed by atoms with Crippen molar-refractivity contribution < 1.29 is 99.2 Å².